The highest BCUT2D eigenvalue weighted by Crippen LogP contribution is 2.48. The van der Waals surface area contributed by atoms with E-state index in [2.05, 4.69) is 50.2 Å². The van der Waals surface area contributed by atoms with E-state index < -0.39 is 5.41 Å². The van der Waals surface area contributed by atoms with Gasteiger partial charge < -0.3 is 14.2 Å². The number of ether oxygens (including phenoxy) is 3. The number of fused-ring (bicyclic) bond motifs is 2. The third kappa shape index (κ3) is 4.74. The second-order valence-electron chi connectivity index (χ2n) is 9.01. The summed E-state index contributed by atoms with van der Waals surface area (Å²) >= 11 is 0. The molecule has 172 valence electrons. The van der Waals surface area contributed by atoms with Crippen LogP contribution in [-0.2, 0) is 20.4 Å². The quantitative estimate of drug-likeness (QED) is 0.171. The Morgan fingerprint density at radius 2 is 1.52 bits per heavy atom. The Kier molecular flexibility index (Phi) is 6.71. The first-order valence-corrected chi connectivity index (χ1v) is 12.5. The molecule has 3 aromatic carbocycles. The molecule has 0 N–H and O–H groups in total. The van der Waals surface area contributed by atoms with E-state index in [1.165, 1.54) is 27.4 Å². The third-order valence-electron chi connectivity index (χ3n) is 5.99. The van der Waals surface area contributed by atoms with Crippen molar-refractivity contribution in [3.63, 3.8) is 0 Å². The minimum absolute atomic E-state index is 0.183. The fraction of sp³-hybridized carbons (Fsp3) is 0.321. The number of benzene rings is 3. The van der Waals surface area contributed by atoms with Crippen molar-refractivity contribution in [2.24, 2.45) is 5.41 Å². The van der Waals surface area contributed by atoms with Gasteiger partial charge >= 0.3 is 5.97 Å². The predicted octanol–water partition coefficient (Wildman–Crippen LogP) is 6.86. The highest BCUT2D eigenvalue weighted by Gasteiger charge is 2.40. The maximum Gasteiger partial charge on any atom is 0.311 e. The summed E-state index contributed by atoms with van der Waals surface area (Å²) in [5.41, 5.74) is 1.80. The zero-order chi connectivity index (χ0) is 23.6. The molecule has 4 nitrogen and oxygen atoms in total. The molecule has 3 aromatic rings. The van der Waals surface area contributed by atoms with Crippen molar-refractivity contribution < 1.29 is 19.0 Å². The molecule has 5 heteroatoms. The molecule has 1 heterocycles. The summed E-state index contributed by atoms with van der Waals surface area (Å²) < 4.78 is 17.2. The second-order valence-corrected chi connectivity index (χ2v) is 10.9. The highest BCUT2D eigenvalue weighted by molar-refractivity contribution is 7.97. The van der Waals surface area contributed by atoms with Crippen LogP contribution >= 0.6 is 0 Å². The van der Waals surface area contributed by atoms with Gasteiger partial charge in [0.15, 0.2) is 16.4 Å². The molecule has 1 aliphatic heterocycles. The Hall–Kier alpha value is -2.92. The number of rotatable bonds is 7. The standard InChI is InChI=1S/C28H31O4S/c1-19-18-26(20(2)17-23(19)31-16-10-15-28(3,4)27(29)30-5)33-24-13-8-6-11-21(24)32-22-12-7-9-14-25(22)33/h6-9,11-14,17-18H,10,15-16H2,1-5H3/q+1. The van der Waals surface area contributed by atoms with Gasteiger partial charge in [-0.15, -0.1) is 0 Å². The summed E-state index contributed by atoms with van der Waals surface area (Å²) in [5, 5.41) is 0. The average Bonchev–Trinajstić information content (AvgIpc) is 2.81. The van der Waals surface area contributed by atoms with Crippen LogP contribution < -0.4 is 9.47 Å². The first-order valence-electron chi connectivity index (χ1n) is 11.2. The van der Waals surface area contributed by atoms with Crippen molar-refractivity contribution in [2.75, 3.05) is 13.7 Å². The van der Waals surface area contributed by atoms with Gasteiger partial charge in [-0.1, -0.05) is 24.3 Å². The molecule has 0 spiro atoms. The molecular formula is C28H31O4S+. The lowest BCUT2D eigenvalue weighted by Gasteiger charge is -2.22. The molecule has 0 saturated carbocycles. The fourth-order valence-electron chi connectivity index (χ4n) is 4.09. The van der Waals surface area contributed by atoms with Gasteiger partial charge in [-0.25, -0.2) is 0 Å². The fourth-order valence-corrected chi connectivity index (χ4v) is 6.53. The molecule has 0 atom stereocenters. The van der Waals surface area contributed by atoms with Gasteiger partial charge in [0.2, 0.25) is 9.79 Å². The van der Waals surface area contributed by atoms with Gasteiger partial charge in [0.05, 0.1) is 19.1 Å². The number of carbonyl (C=O) groups excluding carboxylic acids is 1. The van der Waals surface area contributed by atoms with Crippen LogP contribution in [0.4, 0.5) is 0 Å². The van der Waals surface area contributed by atoms with E-state index in [0.29, 0.717) is 13.0 Å². The lowest BCUT2D eigenvalue weighted by Crippen LogP contribution is -2.26. The normalized spacial score (nSPS) is 13.0. The molecule has 1 aliphatic rings. The van der Waals surface area contributed by atoms with Crippen molar-refractivity contribution in [1.29, 1.82) is 0 Å². The van der Waals surface area contributed by atoms with Gasteiger partial charge in [0.25, 0.3) is 0 Å². The van der Waals surface area contributed by atoms with E-state index in [4.69, 9.17) is 14.2 Å². The third-order valence-corrected chi connectivity index (χ3v) is 8.43. The molecule has 0 aromatic heterocycles. The minimum atomic E-state index is -0.502. The molecular weight excluding hydrogens is 432 g/mol. The predicted molar refractivity (Wildman–Crippen MR) is 132 cm³/mol. The number of aryl methyl sites for hydroxylation is 2. The Balaban J connectivity index is 1.57. The van der Waals surface area contributed by atoms with Crippen LogP contribution in [0.5, 0.6) is 17.2 Å². The smallest absolute Gasteiger partial charge is 0.311 e. The monoisotopic (exact) mass is 463 g/mol. The molecule has 4 rings (SSSR count). The number of methoxy groups -OCH3 is 1. The van der Waals surface area contributed by atoms with Gasteiger partial charge in [-0.2, -0.15) is 0 Å². The lowest BCUT2D eigenvalue weighted by atomic mass is 9.88. The molecule has 0 unspecified atom stereocenters. The van der Waals surface area contributed by atoms with Crippen molar-refractivity contribution >= 4 is 16.9 Å². The zero-order valence-corrected chi connectivity index (χ0v) is 20.8. The Morgan fingerprint density at radius 1 is 0.909 bits per heavy atom. The zero-order valence-electron chi connectivity index (χ0n) is 19.9. The Labute approximate surface area is 199 Å². The molecule has 0 fully saturated rings. The van der Waals surface area contributed by atoms with E-state index in [1.807, 2.05) is 38.1 Å². The maximum absolute atomic E-state index is 11.9. The number of hydrogen-bond acceptors (Lipinski definition) is 4. The Morgan fingerprint density at radius 3 is 2.12 bits per heavy atom. The van der Waals surface area contributed by atoms with Crippen LogP contribution in [0.25, 0.3) is 0 Å². The van der Waals surface area contributed by atoms with E-state index in [-0.39, 0.29) is 16.9 Å². The summed E-state index contributed by atoms with van der Waals surface area (Å²) in [6, 6.07) is 21.0. The first-order chi connectivity index (χ1) is 15.8. The summed E-state index contributed by atoms with van der Waals surface area (Å²) in [4.78, 5) is 15.6. The second kappa shape index (κ2) is 9.52. The van der Waals surface area contributed by atoms with Gasteiger partial charge in [-0.3, -0.25) is 4.79 Å². The van der Waals surface area contributed by atoms with Gasteiger partial charge in [0.1, 0.15) is 16.6 Å². The van der Waals surface area contributed by atoms with Crippen LogP contribution in [0, 0.1) is 19.3 Å². The topological polar surface area (TPSA) is 44.8 Å². The van der Waals surface area contributed by atoms with Gasteiger partial charge in [-0.05, 0) is 76.4 Å². The summed E-state index contributed by atoms with van der Waals surface area (Å²) in [6.45, 7) is 8.63. The Bertz CT molecular complexity index is 1120. The maximum atomic E-state index is 11.9. The number of para-hydroxylation sites is 2. The van der Waals surface area contributed by atoms with Gasteiger partial charge in [0, 0.05) is 11.6 Å². The minimum Gasteiger partial charge on any atom is -0.493 e. The van der Waals surface area contributed by atoms with Crippen molar-refractivity contribution in [3.8, 4) is 17.2 Å². The van der Waals surface area contributed by atoms with Crippen molar-refractivity contribution in [3.05, 3.63) is 71.8 Å². The van der Waals surface area contributed by atoms with E-state index in [1.54, 1.807) is 0 Å². The number of hydrogen-bond donors (Lipinski definition) is 0. The first kappa shape index (κ1) is 23.2. The average molecular weight is 464 g/mol. The number of esters is 1. The van der Waals surface area contributed by atoms with Crippen LogP contribution in [0.15, 0.2) is 75.4 Å². The van der Waals surface area contributed by atoms with Crippen LogP contribution in [0.1, 0.15) is 37.8 Å². The SMILES string of the molecule is COC(=O)C(C)(C)CCCOc1cc(C)c([S+]2c3ccccc3Oc3ccccc32)cc1C. The molecule has 33 heavy (non-hydrogen) atoms. The van der Waals surface area contributed by atoms with Crippen molar-refractivity contribution in [1.82, 2.24) is 0 Å². The molecule has 0 aliphatic carbocycles. The van der Waals surface area contributed by atoms with Crippen molar-refractivity contribution in [2.45, 2.75) is 55.2 Å². The number of carbonyl (C=O) groups is 1. The van der Waals surface area contributed by atoms with E-state index in [9.17, 15) is 4.79 Å². The summed E-state index contributed by atoms with van der Waals surface area (Å²) in [7, 11) is 1.19. The molecule has 0 bridgehead atoms. The highest BCUT2D eigenvalue weighted by atomic mass is 32.2. The van der Waals surface area contributed by atoms with E-state index >= 15 is 0 Å². The largest absolute Gasteiger partial charge is 0.493 e. The van der Waals surface area contributed by atoms with E-state index in [0.717, 1.165) is 29.2 Å². The summed E-state index contributed by atoms with van der Waals surface area (Å²) in [6.07, 6.45) is 1.50. The molecule has 0 radical (unpaired) electrons. The molecule has 0 saturated heterocycles. The summed E-state index contributed by atoms with van der Waals surface area (Å²) in [5.74, 6) is 2.55. The lowest BCUT2D eigenvalue weighted by molar-refractivity contribution is -0.151. The van der Waals surface area contributed by atoms with Crippen LogP contribution in [0.2, 0.25) is 0 Å². The van der Waals surface area contributed by atoms with Crippen LogP contribution in [0.3, 0.4) is 0 Å². The van der Waals surface area contributed by atoms with Crippen LogP contribution in [-0.4, -0.2) is 19.7 Å². The molecule has 0 amide bonds.